The number of allylic oxidation sites excluding steroid dienone is 6. The molecule has 0 aliphatic heterocycles. The highest BCUT2D eigenvalue weighted by molar-refractivity contribution is 6.29. The molecule has 6 nitrogen and oxygen atoms in total. The molecule has 0 saturated carbocycles. The number of Topliss-reactive ketones (excluding diaryl/α,β-unsaturated/α-hetero) is 1. The summed E-state index contributed by atoms with van der Waals surface area (Å²) in [4.78, 5) is 26.2. The first-order valence-corrected chi connectivity index (χ1v) is 12.9. The van der Waals surface area contributed by atoms with Crippen LogP contribution in [0.1, 0.15) is 58.4 Å². The van der Waals surface area contributed by atoms with E-state index in [2.05, 4.69) is 30.2 Å². The van der Waals surface area contributed by atoms with E-state index >= 15 is 0 Å². The van der Waals surface area contributed by atoms with Crippen molar-refractivity contribution < 1.29 is 24.4 Å². The van der Waals surface area contributed by atoms with Crippen molar-refractivity contribution in [2.45, 2.75) is 52.9 Å². The Morgan fingerprint density at radius 2 is 1.63 bits per heavy atom. The topological polar surface area (TPSA) is 83.7 Å². The summed E-state index contributed by atoms with van der Waals surface area (Å²) >= 11 is 0. The van der Waals surface area contributed by atoms with Crippen molar-refractivity contribution >= 4 is 28.7 Å². The molecule has 0 aromatic heterocycles. The third kappa shape index (κ3) is 6.30. The zero-order valence-corrected chi connectivity index (χ0v) is 21.2. The second-order valence-corrected chi connectivity index (χ2v) is 9.32. The molecule has 0 fully saturated rings. The van der Waals surface area contributed by atoms with Gasteiger partial charge in [-0.1, -0.05) is 45.1 Å². The lowest BCUT2D eigenvalue weighted by Crippen LogP contribution is -2.41. The summed E-state index contributed by atoms with van der Waals surface area (Å²) in [5.41, 5.74) is 3.14. The fourth-order valence-electron chi connectivity index (χ4n) is 4.89. The maximum absolute atomic E-state index is 13.0. The van der Waals surface area contributed by atoms with Crippen LogP contribution in [0.3, 0.4) is 0 Å². The molecule has 1 N–H and O–H groups in total. The highest BCUT2D eigenvalue weighted by atomic mass is 16.4. The van der Waals surface area contributed by atoms with Crippen LogP contribution in [0.25, 0.3) is 5.57 Å². The summed E-state index contributed by atoms with van der Waals surface area (Å²) in [6.45, 7) is 9.87. The molecule has 0 spiro atoms. The van der Waals surface area contributed by atoms with Crippen LogP contribution in [0.2, 0.25) is 0 Å². The number of carbonyl (C=O) groups is 2. The van der Waals surface area contributed by atoms with Gasteiger partial charge >= 0.3 is 5.97 Å². The minimum absolute atomic E-state index is 0.0867. The number of carboxylic acid groups (broad SMARTS) is 1. The molecule has 0 heterocycles. The van der Waals surface area contributed by atoms with E-state index in [1.165, 1.54) is 0 Å². The number of carbonyl (C=O) groups excluding carboxylic acids is 1. The van der Waals surface area contributed by atoms with E-state index in [0.717, 1.165) is 50.3 Å². The maximum atomic E-state index is 13.0. The normalized spacial score (nSPS) is 19.2. The average Bonchev–Trinajstić information content (AvgIpc) is 2.84. The van der Waals surface area contributed by atoms with Crippen LogP contribution >= 0.6 is 0 Å². The summed E-state index contributed by atoms with van der Waals surface area (Å²) in [6.07, 6.45) is 11.6. The molecular weight excluding hydrogens is 440 g/mol. The molecule has 0 saturated heterocycles. The number of ketones is 1. The van der Waals surface area contributed by atoms with Gasteiger partial charge in [0.2, 0.25) is 0 Å². The quantitative estimate of drug-likeness (QED) is 0.433. The Morgan fingerprint density at radius 1 is 1.00 bits per heavy atom. The van der Waals surface area contributed by atoms with Crippen LogP contribution in [-0.4, -0.2) is 53.3 Å². The summed E-state index contributed by atoms with van der Waals surface area (Å²) in [5, 5.41) is 21.9. The molecule has 35 heavy (non-hydrogen) atoms. The van der Waals surface area contributed by atoms with Crippen LogP contribution < -0.4 is 10.0 Å². The SMILES string of the molecule is CCCN(CCC)c1ccc(C2=C([O-])C(C3C=CC(=[N+](CCC)CCCC(=O)O)C=C3)C2=O)cc1. The second kappa shape index (κ2) is 12.5. The molecule has 1 atom stereocenters. The summed E-state index contributed by atoms with van der Waals surface area (Å²) in [7, 11) is 0. The van der Waals surface area contributed by atoms with Gasteiger partial charge in [0.15, 0.2) is 11.5 Å². The van der Waals surface area contributed by atoms with Crippen molar-refractivity contribution in [1.82, 2.24) is 0 Å². The minimum Gasteiger partial charge on any atom is -0.874 e. The van der Waals surface area contributed by atoms with Crippen molar-refractivity contribution in [1.29, 1.82) is 0 Å². The van der Waals surface area contributed by atoms with Crippen LogP contribution in [-0.2, 0) is 9.59 Å². The molecule has 0 amide bonds. The van der Waals surface area contributed by atoms with Crippen LogP contribution in [0.4, 0.5) is 5.69 Å². The number of nitrogens with zero attached hydrogens (tertiary/aromatic N) is 2. The van der Waals surface area contributed by atoms with E-state index in [0.29, 0.717) is 24.1 Å². The van der Waals surface area contributed by atoms with Gasteiger partial charge in [0.25, 0.3) is 0 Å². The zero-order valence-electron chi connectivity index (χ0n) is 21.2. The van der Waals surface area contributed by atoms with E-state index in [-0.39, 0.29) is 23.9 Å². The Morgan fingerprint density at radius 3 is 2.14 bits per heavy atom. The third-order valence-electron chi connectivity index (χ3n) is 6.61. The van der Waals surface area contributed by atoms with Gasteiger partial charge in [-0.15, -0.1) is 5.76 Å². The molecule has 1 unspecified atom stereocenters. The number of carboxylic acids is 1. The third-order valence-corrected chi connectivity index (χ3v) is 6.61. The van der Waals surface area contributed by atoms with Gasteiger partial charge in [0.05, 0.1) is 6.42 Å². The number of aliphatic carboxylic acids is 1. The van der Waals surface area contributed by atoms with E-state index in [1.807, 2.05) is 48.6 Å². The lowest BCUT2D eigenvalue weighted by molar-refractivity contribution is -0.527. The zero-order chi connectivity index (χ0) is 25.4. The van der Waals surface area contributed by atoms with Gasteiger partial charge in [-0.25, -0.2) is 4.58 Å². The maximum Gasteiger partial charge on any atom is 0.303 e. The molecule has 1 aromatic rings. The second-order valence-electron chi connectivity index (χ2n) is 9.32. The number of hydrogen-bond acceptors (Lipinski definition) is 4. The lowest BCUT2D eigenvalue weighted by Gasteiger charge is -2.40. The standard InChI is InChI=1S/C29H38N2O4/c1-4-17-30(18-5-2)23-13-9-21(10-14-23)26-28(34)27(29(26)35)22-11-15-24(16-12-22)31(19-6-3)20-7-8-25(32)33/h9-16,22,27H,4-8,17-20H2,1-3H3,(H-,32,33,34,35). The molecule has 1 aromatic carbocycles. The smallest absolute Gasteiger partial charge is 0.303 e. The highest BCUT2D eigenvalue weighted by Crippen LogP contribution is 2.41. The van der Waals surface area contributed by atoms with Gasteiger partial charge in [-0.05, 0) is 30.5 Å². The van der Waals surface area contributed by atoms with Crippen LogP contribution in [0, 0.1) is 11.8 Å². The first-order valence-electron chi connectivity index (χ1n) is 12.9. The summed E-state index contributed by atoms with van der Waals surface area (Å²) in [5.74, 6) is -1.85. The van der Waals surface area contributed by atoms with E-state index in [9.17, 15) is 14.7 Å². The van der Waals surface area contributed by atoms with Gasteiger partial charge < -0.3 is 15.1 Å². The Hall–Kier alpha value is -3.15. The highest BCUT2D eigenvalue weighted by Gasteiger charge is 2.38. The predicted molar refractivity (Wildman–Crippen MR) is 139 cm³/mol. The number of rotatable bonds is 13. The fraction of sp³-hybridized carbons (Fsp3) is 0.483. The van der Waals surface area contributed by atoms with Crippen molar-refractivity contribution in [3.63, 3.8) is 0 Å². The molecule has 0 radical (unpaired) electrons. The molecule has 3 rings (SSSR count). The Labute approximate surface area is 209 Å². The Bertz CT molecular complexity index is 1010. The number of hydrogen-bond donors (Lipinski definition) is 1. The number of benzene rings is 1. The van der Waals surface area contributed by atoms with Crippen molar-refractivity contribution in [3.05, 3.63) is 59.9 Å². The Kier molecular flexibility index (Phi) is 9.47. The summed E-state index contributed by atoms with van der Waals surface area (Å²) in [6, 6.07) is 7.81. The van der Waals surface area contributed by atoms with Gasteiger partial charge in [-0.2, -0.15) is 0 Å². The van der Waals surface area contributed by atoms with Crippen molar-refractivity contribution in [2.75, 3.05) is 31.1 Å². The monoisotopic (exact) mass is 478 g/mol. The lowest BCUT2D eigenvalue weighted by atomic mass is 9.71. The predicted octanol–water partition coefficient (Wildman–Crippen LogP) is 4.05. The molecule has 188 valence electrons. The molecule has 2 aliphatic carbocycles. The fourth-order valence-corrected chi connectivity index (χ4v) is 4.89. The minimum atomic E-state index is -0.788. The van der Waals surface area contributed by atoms with Gasteiger partial charge in [0, 0.05) is 61.2 Å². The van der Waals surface area contributed by atoms with Gasteiger partial charge in [0.1, 0.15) is 13.1 Å². The van der Waals surface area contributed by atoms with Crippen LogP contribution in [0.5, 0.6) is 0 Å². The molecular formula is C29H38N2O4. The van der Waals surface area contributed by atoms with E-state index in [1.54, 1.807) is 0 Å². The average molecular weight is 479 g/mol. The van der Waals surface area contributed by atoms with Crippen molar-refractivity contribution in [3.8, 4) is 0 Å². The summed E-state index contributed by atoms with van der Waals surface area (Å²) < 4.78 is 2.16. The first kappa shape index (κ1) is 26.5. The molecule has 6 heteroatoms. The molecule has 0 bridgehead atoms. The van der Waals surface area contributed by atoms with E-state index < -0.39 is 11.9 Å². The van der Waals surface area contributed by atoms with Crippen LogP contribution in [0.15, 0.2) is 54.3 Å². The number of anilines is 1. The van der Waals surface area contributed by atoms with E-state index in [4.69, 9.17) is 5.11 Å². The first-order chi connectivity index (χ1) is 16.9. The molecule has 2 aliphatic rings. The largest absolute Gasteiger partial charge is 0.874 e. The Balaban J connectivity index is 1.71. The van der Waals surface area contributed by atoms with Crippen molar-refractivity contribution in [2.24, 2.45) is 11.8 Å². The van der Waals surface area contributed by atoms with Gasteiger partial charge in [-0.3, -0.25) is 9.59 Å².